The minimum atomic E-state index is -0.467. The normalized spacial score (nSPS) is 46.6. The van der Waals surface area contributed by atoms with Crippen molar-refractivity contribution in [2.45, 2.75) is 75.0 Å². The van der Waals surface area contributed by atoms with Crippen LogP contribution >= 0.6 is 0 Å². The zero-order valence-electron chi connectivity index (χ0n) is 19.1. The van der Waals surface area contributed by atoms with Crippen molar-refractivity contribution in [3.8, 4) is 11.5 Å². The average Bonchev–Trinajstić information content (AvgIpc) is 3.52. The van der Waals surface area contributed by atoms with Crippen molar-refractivity contribution >= 4 is 0 Å². The Morgan fingerprint density at radius 3 is 2.74 bits per heavy atom. The van der Waals surface area contributed by atoms with Gasteiger partial charge in [-0.2, -0.15) is 0 Å². The van der Waals surface area contributed by atoms with Gasteiger partial charge in [0.05, 0.1) is 13.7 Å². The number of nitrogens with zero attached hydrogens (tertiary/aromatic N) is 1. The van der Waals surface area contributed by atoms with Gasteiger partial charge in [-0.15, -0.1) is 0 Å². The highest BCUT2D eigenvalue weighted by Gasteiger charge is 2.83. The quantitative estimate of drug-likeness (QED) is 0.785. The van der Waals surface area contributed by atoms with Crippen LogP contribution in [-0.2, 0) is 16.6 Å². The van der Waals surface area contributed by atoms with Crippen LogP contribution in [0.15, 0.2) is 12.1 Å². The fourth-order valence-electron chi connectivity index (χ4n) is 9.31. The summed E-state index contributed by atoms with van der Waals surface area (Å²) in [5, 5.41) is 10.7. The van der Waals surface area contributed by atoms with E-state index in [0.29, 0.717) is 6.04 Å². The van der Waals surface area contributed by atoms with Crippen molar-refractivity contribution in [1.29, 1.82) is 0 Å². The van der Waals surface area contributed by atoms with Crippen molar-refractivity contribution < 1.29 is 19.3 Å². The molecule has 4 bridgehead atoms. The molecule has 2 heterocycles. The lowest BCUT2D eigenvalue weighted by Crippen LogP contribution is -2.83. The van der Waals surface area contributed by atoms with Gasteiger partial charge in [0.1, 0.15) is 11.7 Å². The zero-order chi connectivity index (χ0) is 21.2. The fourth-order valence-corrected chi connectivity index (χ4v) is 9.31. The summed E-state index contributed by atoms with van der Waals surface area (Å²) in [6.07, 6.45) is 8.11. The summed E-state index contributed by atoms with van der Waals surface area (Å²) in [5.41, 5.74) is 2.22. The van der Waals surface area contributed by atoms with Crippen LogP contribution in [0.4, 0.5) is 0 Å². The summed E-state index contributed by atoms with van der Waals surface area (Å²) in [7, 11) is 3.59. The molecule has 5 heteroatoms. The van der Waals surface area contributed by atoms with Crippen LogP contribution in [0, 0.1) is 16.7 Å². The van der Waals surface area contributed by atoms with Crippen LogP contribution in [0.3, 0.4) is 0 Å². The van der Waals surface area contributed by atoms with Crippen LogP contribution < -0.4 is 9.47 Å². The number of hydrogen-bond acceptors (Lipinski definition) is 5. The van der Waals surface area contributed by atoms with E-state index in [-0.39, 0.29) is 29.0 Å². The highest BCUT2D eigenvalue weighted by atomic mass is 16.6. The largest absolute Gasteiger partial charge is 0.493 e. The van der Waals surface area contributed by atoms with E-state index in [1.165, 1.54) is 30.5 Å². The number of methoxy groups -OCH3 is 2. The van der Waals surface area contributed by atoms with E-state index in [0.717, 1.165) is 56.1 Å². The number of piperidine rings is 1. The highest BCUT2D eigenvalue weighted by molar-refractivity contribution is 5.64. The van der Waals surface area contributed by atoms with E-state index in [1.807, 2.05) is 7.11 Å². The second-order valence-corrected chi connectivity index (χ2v) is 11.7. The van der Waals surface area contributed by atoms with Gasteiger partial charge in [0.15, 0.2) is 11.5 Å². The molecule has 2 aliphatic heterocycles. The first-order chi connectivity index (χ1) is 15.0. The molecule has 31 heavy (non-hydrogen) atoms. The van der Waals surface area contributed by atoms with Crippen molar-refractivity contribution in [3.63, 3.8) is 0 Å². The summed E-state index contributed by atoms with van der Waals surface area (Å²) < 4.78 is 19.2. The van der Waals surface area contributed by atoms with Gasteiger partial charge < -0.3 is 19.3 Å². The Labute approximate surface area is 185 Å². The van der Waals surface area contributed by atoms with Gasteiger partial charge in [-0.1, -0.05) is 13.0 Å². The Hall–Kier alpha value is -1.30. The maximum absolute atomic E-state index is 10.7. The number of ether oxygens (including phenoxy) is 3. The molecule has 2 spiro atoms. The number of rotatable bonds is 5. The number of fused-ring (bicyclic) bond motifs is 2. The van der Waals surface area contributed by atoms with E-state index in [2.05, 4.69) is 24.0 Å². The number of likely N-dealkylation sites (tertiary alicyclic amines) is 1. The summed E-state index contributed by atoms with van der Waals surface area (Å²) in [5.74, 6) is 2.71. The van der Waals surface area contributed by atoms with Gasteiger partial charge in [0, 0.05) is 41.5 Å². The molecule has 1 N–H and O–H groups in total. The zero-order valence-corrected chi connectivity index (χ0v) is 19.1. The standard InChI is InChI=1S/C26H35NO4/c1-23(15-28)14-24-8-9-26(23,30-3)22-25(24)10-11-27(13-16-4-5-16)19(24)12-17-6-7-18(29-2)21(31-22)20(17)25/h6-7,16,19,22,28H,4-5,8-15H2,1-3H3/t19-,22-,23-,24-,25+,26?/m1/s1. The highest BCUT2D eigenvalue weighted by Crippen LogP contribution is 2.78. The predicted molar refractivity (Wildman–Crippen MR) is 117 cm³/mol. The van der Waals surface area contributed by atoms with Crippen LogP contribution in [-0.4, -0.2) is 61.7 Å². The molecular weight excluding hydrogens is 390 g/mol. The molecule has 6 atom stereocenters. The maximum atomic E-state index is 10.7. The average molecular weight is 426 g/mol. The van der Waals surface area contributed by atoms with E-state index < -0.39 is 5.60 Å². The number of aliphatic hydroxyl groups excluding tert-OH is 1. The lowest BCUT2D eigenvalue weighted by Gasteiger charge is -2.76. The lowest BCUT2D eigenvalue weighted by atomic mass is 9.32. The lowest BCUT2D eigenvalue weighted by molar-refractivity contribution is -0.311. The molecule has 168 valence electrons. The third-order valence-corrected chi connectivity index (χ3v) is 10.7. The SMILES string of the molecule is COc1ccc2c3c1O[C@H]1C4(OC)CC[C@@]5(C[C@]4(C)CO)[C@@H](C2)N(CC2CC2)CC[C@]315. The summed E-state index contributed by atoms with van der Waals surface area (Å²) >= 11 is 0. The Balaban J connectivity index is 1.50. The van der Waals surface area contributed by atoms with Gasteiger partial charge in [0.2, 0.25) is 0 Å². The Morgan fingerprint density at radius 2 is 2.03 bits per heavy atom. The first-order valence-electron chi connectivity index (χ1n) is 12.3. The van der Waals surface area contributed by atoms with E-state index >= 15 is 0 Å². The van der Waals surface area contributed by atoms with Crippen LogP contribution in [0.25, 0.3) is 0 Å². The number of benzene rings is 1. The second kappa shape index (κ2) is 5.78. The predicted octanol–water partition coefficient (Wildman–Crippen LogP) is 3.30. The monoisotopic (exact) mass is 425 g/mol. The molecule has 5 nitrogen and oxygen atoms in total. The van der Waals surface area contributed by atoms with Gasteiger partial charge in [0.25, 0.3) is 0 Å². The molecule has 7 aliphatic rings. The van der Waals surface area contributed by atoms with Crippen molar-refractivity contribution in [1.82, 2.24) is 4.90 Å². The maximum Gasteiger partial charge on any atom is 0.165 e. The molecule has 1 aromatic carbocycles. The third kappa shape index (κ3) is 1.90. The number of aliphatic hydroxyl groups is 1. The van der Waals surface area contributed by atoms with Crippen LogP contribution in [0.5, 0.6) is 11.5 Å². The van der Waals surface area contributed by atoms with E-state index in [4.69, 9.17) is 14.2 Å². The number of hydrogen-bond donors (Lipinski definition) is 1. The van der Waals surface area contributed by atoms with Crippen molar-refractivity contribution in [2.24, 2.45) is 16.7 Å². The molecular formula is C26H35NO4. The van der Waals surface area contributed by atoms with Gasteiger partial charge in [-0.3, -0.25) is 4.90 Å². The first kappa shape index (κ1) is 19.2. The molecule has 0 amide bonds. The first-order valence-corrected chi connectivity index (χ1v) is 12.3. The molecule has 0 aromatic heterocycles. The van der Waals surface area contributed by atoms with Crippen molar-refractivity contribution in [3.05, 3.63) is 23.3 Å². The second-order valence-electron chi connectivity index (χ2n) is 11.7. The summed E-state index contributed by atoms with van der Waals surface area (Å²) in [6.45, 7) is 4.80. The van der Waals surface area contributed by atoms with E-state index in [9.17, 15) is 5.11 Å². The Kier molecular flexibility index (Phi) is 3.58. The topological polar surface area (TPSA) is 51.2 Å². The van der Waals surface area contributed by atoms with Gasteiger partial charge in [-0.05, 0) is 69.0 Å². The van der Waals surface area contributed by atoms with Crippen LogP contribution in [0.1, 0.15) is 56.6 Å². The molecule has 1 unspecified atom stereocenters. The molecule has 1 aromatic rings. The van der Waals surface area contributed by atoms with E-state index in [1.54, 1.807) is 7.11 Å². The molecule has 8 rings (SSSR count). The third-order valence-electron chi connectivity index (χ3n) is 10.7. The van der Waals surface area contributed by atoms with Gasteiger partial charge >= 0.3 is 0 Å². The minimum absolute atomic E-state index is 0.0296. The molecule has 5 aliphatic carbocycles. The molecule has 5 fully saturated rings. The van der Waals surface area contributed by atoms with Crippen LogP contribution in [0.2, 0.25) is 0 Å². The Bertz CT molecular complexity index is 961. The minimum Gasteiger partial charge on any atom is -0.493 e. The summed E-state index contributed by atoms with van der Waals surface area (Å²) in [4.78, 5) is 2.84. The molecule has 4 saturated carbocycles. The smallest absolute Gasteiger partial charge is 0.165 e. The Morgan fingerprint density at radius 1 is 1.19 bits per heavy atom. The summed E-state index contributed by atoms with van der Waals surface area (Å²) in [6, 6.07) is 4.94. The molecule has 1 saturated heterocycles. The fraction of sp³-hybridized carbons (Fsp3) is 0.769. The van der Waals surface area contributed by atoms with Gasteiger partial charge in [-0.25, -0.2) is 0 Å². The molecule has 0 radical (unpaired) electrons. The van der Waals surface area contributed by atoms with Crippen molar-refractivity contribution in [2.75, 3.05) is 33.9 Å².